The number of fused-ring (bicyclic) bond motifs is 12. The molecule has 3 aliphatic rings. The molecule has 9 nitrogen and oxygen atoms in total. The second kappa shape index (κ2) is 12.4. The Morgan fingerprint density at radius 2 is 1.72 bits per heavy atom. The topological polar surface area (TPSA) is 114 Å². The molecule has 2 N–H and O–H groups in total. The first-order chi connectivity index (χ1) is 18.6. The van der Waals surface area contributed by atoms with E-state index in [-0.39, 0.29) is 36.5 Å². The number of ether oxygens (including phenoxy) is 2. The minimum absolute atomic E-state index is 0.00332. The first-order valence-electron chi connectivity index (χ1n) is 13.6. The van der Waals surface area contributed by atoms with Gasteiger partial charge in [-0.1, -0.05) is 44.2 Å². The number of Topliss-reactive ketones (excluding diaryl/α,β-unsaturated/α-hetero) is 1. The van der Waals surface area contributed by atoms with Gasteiger partial charge in [-0.15, -0.1) is 0 Å². The number of hydrazine groups is 1. The van der Waals surface area contributed by atoms with E-state index in [0.29, 0.717) is 25.1 Å². The second-order valence-corrected chi connectivity index (χ2v) is 10.7. The molecule has 0 aromatic heterocycles. The maximum absolute atomic E-state index is 13.1. The van der Waals surface area contributed by atoms with Crippen LogP contribution in [0.2, 0.25) is 0 Å². The van der Waals surface area contributed by atoms with E-state index in [1.54, 1.807) is 19.1 Å². The summed E-state index contributed by atoms with van der Waals surface area (Å²) in [5.41, 5.74) is 5.73. The summed E-state index contributed by atoms with van der Waals surface area (Å²) >= 11 is 0. The molecule has 2 amide bonds. The number of nitrogens with zero attached hydrogens (tertiary/aromatic N) is 1. The molecule has 3 heterocycles. The van der Waals surface area contributed by atoms with E-state index in [1.165, 1.54) is 5.01 Å². The number of carbonyl (C=O) groups excluding carboxylic acids is 4. The van der Waals surface area contributed by atoms with Crippen LogP contribution < -0.4 is 15.5 Å². The van der Waals surface area contributed by atoms with Crippen molar-refractivity contribution in [3.8, 4) is 16.9 Å². The molecule has 3 aliphatic heterocycles. The molecule has 5 rings (SSSR count). The fourth-order valence-electron chi connectivity index (χ4n) is 4.87. The molecule has 0 aliphatic carbocycles. The van der Waals surface area contributed by atoms with Gasteiger partial charge in [-0.05, 0) is 67.5 Å². The van der Waals surface area contributed by atoms with Gasteiger partial charge >= 0.3 is 5.97 Å². The lowest BCUT2D eigenvalue weighted by atomic mass is 9.89. The lowest BCUT2D eigenvalue weighted by molar-refractivity contribution is -0.157. The molecule has 6 bridgehead atoms. The number of rotatable bonds is 1. The Morgan fingerprint density at radius 1 is 0.974 bits per heavy atom. The van der Waals surface area contributed by atoms with Crippen molar-refractivity contribution >= 4 is 23.6 Å². The third-order valence-electron chi connectivity index (χ3n) is 7.29. The van der Waals surface area contributed by atoms with Gasteiger partial charge in [-0.2, -0.15) is 0 Å². The van der Waals surface area contributed by atoms with Crippen LogP contribution in [0.15, 0.2) is 48.5 Å². The van der Waals surface area contributed by atoms with Gasteiger partial charge in [0.25, 0.3) is 5.91 Å². The van der Waals surface area contributed by atoms with Gasteiger partial charge in [0.2, 0.25) is 5.91 Å². The minimum atomic E-state index is -0.842. The van der Waals surface area contributed by atoms with Gasteiger partial charge < -0.3 is 14.8 Å². The van der Waals surface area contributed by atoms with Gasteiger partial charge in [0.15, 0.2) is 5.78 Å². The third kappa shape index (κ3) is 7.03. The Kier molecular flexibility index (Phi) is 9.01. The van der Waals surface area contributed by atoms with Crippen LogP contribution in [0.3, 0.4) is 0 Å². The van der Waals surface area contributed by atoms with Gasteiger partial charge in [-0.3, -0.25) is 24.2 Å². The number of ketones is 1. The van der Waals surface area contributed by atoms with Crippen molar-refractivity contribution in [3.63, 3.8) is 0 Å². The van der Waals surface area contributed by atoms with Gasteiger partial charge in [0.05, 0.1) is 0 Å². The van der Waals surface area contributed by atoms with Gasteiger partial charge in [0, 0.05) is 18.9 Å². The minimum Gasteiger partial charge on any atom is -0.486 e. The fourth-order valence-corrected chi connectivity index (χ4v) is 4.87. The summed E-state index contributed by atoms with van der Waals surface area (Å²) in [7, 11) is 0. The summed E-state index contributed by atoms with van der Waals surface area (Å²) in [6, 6.07) is 13.7. The number of carbonyl (C=O) groups is 4. The summed E-state index contributed by atoms with van der Waals surface area (Å²) in [4.78, 5) is 52.0. The molecule has 2 aromatic carbocycles. The summed E-state index contributed by atoms with van der Waals surface area (Å²) in [5.74, 6) is -1.55. The molecule has 1 fully saturated rings. The molecule has 0 spiro atoms. The van der Waals surface area contributed by atoms with E-state index >= 15 is 0 Å². The van der Waals surface area contributed by atoms with E-state index < -0.39 is 30.1 Å². The van der Waals surface area contributed by atoms with Gasteiger partial charge in [-0.25, -0.2) is 5.43 Å². The summed E-state index contributed by atoms with van der Waals surface area (Å²) in [5, 5.41) is 4.14. The van der Waals surface area contributed by atoms with Crippen molar-refractivity contribution < 1.29 is 28.7 Å². The summed E-state index contributed by atoms with van der Waals surface area (Å²) in [6.45, 7) is 7.41. The average Bonchev–Trinajstić information content (AvgIpc) is 2.94. The Hall–Kier alpha value is -3.72. The molecule has 2 aromatic rings. The zero-order chi connectivity index (χ0) is 28.1. The Labute approximate surface area is 229 Å². The van der Waals surface area contributed by atoms with Crippen LogP contribution in [-0.2, 0) is 23.9 Å². The zero-order valence-electron chi connectivity index (χ0n) is 22.9. The Balaban J connectivity index is 1.61. The molecule has 4 atom stereocenters. The van der Waals surface area contributed by atoms with Crippen LogP contribution in [0.1, 0.15) is 58.6 Å². The number of hydrogen-bond donors (Lipinski definition) is 2. The van der Waals surface area contributed by atoms with Crippen LogP contribution in [0.25, 0.3) is 11.1 Å². The van der Waals surface area contributed by atoms with E-state index in [1.807, 2.05) is 57.2 Å². The molecule has 39 heavy (non-hydrogen) atoms. The van der Waals surface area contributed by atoms with Crippen LogP contribution >= 0.6 is 0 Å². The van der Waals surface area contributed by atoms with Crippen molar-refractivity contribution in [3.05, 3.63) is 54.1 Å². The molecular formula is C30H37N3O6. The van der Waals surface area contributed by atoms with E-state index in [2.05, 4.69) is 10.7 Å². The average molecular weight is 536 g/mol. The maximum atomic E-state index is 13.1. The van der Waals surface area contributed by atoms with Crippen LogP contribution in [0, 0.1) is 11.8 Å². The van der Waals surface area contributed by atoms with E-state index in [0.717, 1.165) is 16.7 Å². The fraction of sp³-hybridized carbons (Fsp3) is 0.467. The molecular weight excluding hydrogens is 498 g/mol. The summed E-state index contributed by atoms with van der Waals surface area (Å²) < 4.78 is 11.5. The molecule has 9 heteroatoms. The van der Waals surface area contributed by atoms with Crippen molar-refractivity contribution in [1.82, 2.24) is 15.8 Å². The highest BCUT2D eigenvalue weighted by molar-refractivity contribution is 5.91. The lowest BCUT2D eigenvalue weighted by Crippen LogP contribution is -2.59. The largest absolute Gasteiger partial charge is 0.486 e. The highest BCUT2D eigenvalue weighted by Crippen LogP contribution is 2.27. The smallest absolute Gasteiger partial charge is 0.325 e. The van der Waals surface area contributed by atoms with Crippen molar-refractivity contribution in [2.24, 2.45) is 11.8 Å². The monoisotopic (exact) mass is 535 g/mol. The SMILES string of the molecule is CC(C)[C@@H]1CC(=O)COc2ccc(cc2)-c2cccc(c2)[C@@H](C)OC(=O)[C@@H]2CCCN(N2)C(=O)[C@H](C)NC1=O. The van der Waals surface area contributed by atoms with Crippen LogP contribution in [-0.4, -0.2) is 53.8 Å². The first-order valence-corrected chi connectivity index (χ1v) is 13.6. The standard InChI is InChI=1S/C30H37N3O6/c1-18(2)26-16-24(34)17-38-25-12-10-21(11-13-25)23-8-5-7-22(15-23)20(4)39-30(37)27-9-6-14-33(32-27)29(36)19(3)31-28(26)35/h5,7-8,10-13,15,18-20,26-27,32H,6,9,14,16-17H2,1-4H3,(H,31,35)/t19-,20+,26-,27-/m0/s1. The molecule has 208 valence electrons. The number of hydrogen-bond acceptors (Lipinski definition) is 7. The van der Waals surface area contributed by atoms with Crippen molar-refractivity contribution in [2.75, 3.05) is 13.2 Å². The zero-order valence-corrected chi connectivity index (χ0v) is 22.9. The number of amides is 2. The third-order valence-corrected chi connectivity index (χ3v) is 7.29. The molecule has 0 saturated carbocycles. The molecule has 0 unspecified atom stereocenters. The number of benzene rings is 2. The van der Waals surface area contributed by atoms with E-state index in [9.17, 15) is 19.2 Å². The Morgan fingerprint density at radius 3 is 2.44 bits per heavy atom. The lowest BCUT2D eigenvalue weighted by Gasteiger charge is -2.35. The molecule has 0 radical (unpaired) electrons. The highest BCUT2D eigenvalue weighted by Gasteiger charge is 2.34. The number of nitrogens with one attached hydrogen (secondary N) is 2. The molecule has 1 saturated heterocycles. The Bertz CT molecular complexity index is 1210. The van der Waals surface area contributed by atoms with E-state index in [4.69, 9.17) is 9.47 Å². The second-order valence-electron chi connectivity index (χ2n) is 10.7. The van der Waals surface area contributed by atoms with Crippen molar-refractivity contribution in [2.45, 2.75) is 65.1 Å². The first kappa shape index (κ1) is 28.3. The van der Waals surface area contributed by atoms with Crippen LogP contribution in [0.5, 0.6) is 5.75 Å². The normalized spacial score (nSPS) is 25.3. The van der Waals surface area contributed by atoms with Gasteiger partial charge in [0.1, 0.15) is 30.5 Å². The maximum Gasteiger partial charge on any atom is 0.325 e. The van der Waals surface area contributed by atoms with Crippen molar-refractivity contribution in [1.29, 1.82) is 0 Å². The highest BCUT2D eigenvalue weighted by atomic mass is 16.5. The predicted molar refractivity (Wildman–Crippen MR) is 145 cm³/mol. The summed E-state index contributed by atoms with van der Waals surface area (Å²) in [6.07, 6.45) is 0.649. The predicted octanol–water partition coefficient (Wildman–Crippen LogP) is 3.58. The number of esters is 1. The quantitative estimate of drug-likeness (QED) is 0.537. The van der Waals surface area contributed by atoms with Crippen LogP contribution in [0.4, 0.5) is 0 Å².